The van der Waals surface area contributed by atoms with Crippen molar-refractivity contribution in [3.8, 4) is 0 Å². The van der Waals surface area contributed by atoms with Gasteiger partial charge in [0.15, 0.2) is 0 Å². The molecule has 0 aromatic heterocycles. The van der Waals surface area contributed by atoms with Crippen LogP contribution >= 0.6 is 0 Å². The first-order chi connectivity index (χ1) is 14.3. The van der Waals surface area contributed by atoms with Crippen molar-refractivity contribution in [2.24, 2.45) is 0 Å². The lowest BCUT2D eigenvalue weighted by atomic mass is 10.0. The van der Waals surface area contributed by atoms with E-state index in [-0.39, 0.29) is 5.91 Å². The van der Waals surface area contributed by atoms with Crippen LogP contribution < -0.4 is 10.2 Å². The van der Waals surface area contributed by atoms with E-state index in [1.807, 2.05) is 0 Å². The summed E-state index contributed by atoms with van der Waals surface area (Å²) in [7, 11) is 0. The Morgan fingerprint density at radius 3 is 2.55 bits per heavy atom. The fourth-order valence-corrected chi connectivity index (χ4v) is 5.38. The third-order valence-electron chi connectivity index (χ3n) is 6.93. The fraction of sp³-hybridized carbons (Fsp3) is 0.708. The highest BCUT2D eigenvalue weighted by Crippen LogP contribution is 2.25. The van der Waals surface area contributed by atoms with Crippen molar-refractivity contribution < 1.29 is 4.79 Å². The number of hydrogen-bond donors (Lipinski definition) is 1. The first kappa shape index (κ1) is 20.7. The number of nitrogens with one attached hydrogen (secondary N) is 1. The van der Waals surface area contributed by atoms with Gasteiger partial charge in [0, 0.05) is 49.5 Å². The zero-order chi connectivity index (χ0) is 20.1. The van der Waals surface area contributed by atoms with Crippen molar-refractivity contribution >= 4 is 11.6 Å². The van der Waals surface area contributed by atoms with Crippen molar-refractivity contribution in [1.29, 1.82) is 0 Å². The Kier molecular flexibility index (Phi) is 7.09. The zero-order valence-electron chi connectivity index (χ0n) is 18.1. The molecule has 5 nitrogen and oxygen atoms in total. The molecule has 0 spiro atoms. The Hall–Kier alpha value is -1.59. The van der Waals surface area contributed by atoms with E-state index in [1.54, 1.807) is 0 Å². The van der Waals surface area contributed by atoms with Crippen LogP contribution in [0, 0.1) is 0 Å². The van der Waals surface area contributed by atoms with Crippen LogP contribution in [0.2, 0.25) is 0 Å². The van der Waals surface area contributed by atoms with E-state index >= 15 is 0 Å². The average Bonchev–Trinajstić information content (AvgIpc) is 3.45. The van der Waals surface area contributed by atoms with Gasteiger partial charge in [-0.25, -0.2) is 0 Å². The molecule has 1 aromatic carbocycles. The standard InChI is InChI=1S/C24H38N4O/c1-2-14-27(22-7-5-13-25-18-22)21-11-9-20(10-12-21)24(29)28-17-6-8-23(28)19-26-15-3-4-16-26/h9-12,22-23,25H,2-8,13-19H2,1H3. The summed E-state index contributed by atoms with van der Waals surface area (Å²) in [6.07, 6.45) is 8.55. The van der Waals surface area contributed by atoms with Gasteiger partial charge in [-0.2, -0.15) is 0 Å². The number of hydrogen-bond acceptors (Lipinski definition) is 4. The van der Waals surface area contributed by atoms with Crippen molar-refractivity contribution in [2.45, 2.75) is 64.0 Å². The molecule has 2 atom stereocenters. The Bertz CT molecular complexity index is 649. The number of piperidine rings is 1. The number of carbonyl (C=O) groups is 1. The highest BCUT2D eigenvalue weighted by molar-refractivity contribution is 5.95. The molecule has 3 fully saturated rings. The lowest BCUT2D eigenvalue weighted by Crippen LogP contribution is -2.46. The van der Waals surface area contributed by atoms with E-state index in [0.717, 1.165) is 57.5 Å². The molecule has 0 radical (unpaired) electrons. The summed E-state index contributed by atoms with van der Waals surface area (Å²) in [5, 5.41) is 3.54. The first-order valence-corrected chi connectivity index (χ1v) is 11.9. The van der Waals surface area contributed by atoms with E-state index in [1.165, 1.54) is 44.5 Å². The van der Waals surface area contributed by atoms with Gasteiger partial charge in [-0.3, -0.25) is 4.79 Å². The van der Waals surface area contributed by atoms with Crippen molar-refractivity contribution in [3.05, 3.63) is 29.8 Å². The van der Waals surface area contributed by atoms with Crippen molar-refractivity contribution in [1.82, 2.24) is 15.1 Å². The minimum Gasteiger partial charge on any atom is -0.367 e. The maximum absolute atomic E-state index is 13.2. The van der Waals surface area contributed by atoms with E-state index < -0.39 is 0 Å². The predicted molar refractivity (Wildman–Crippen MR) is 120 cm³/mol. The van der Waals surface area contributed by atoms with Gasteiger partial charge in [0.25, 0.3) is 5.91 Å². The summed E-state index contributed by atoms with van der Waals surface area (Å²) in [4.78, 5) is 20.4. The van der Waals surface area contributed by atoms with Gasteiger partial charge >= 0.3 is 0 Å². The van der Waals surface area contributed by atoms with Crippen LogP contribution in [-0.4, -0.2) is 73.6 Å². The lowest BCUT2D eigenvalue weighted by molar-refractivity contribution is 0.0709. The van der Waals surface area contributed by atoms with Crippen molar-refractivity contribution in [2.75, 3.05) is 50.7 Å². The molecule has 1 amide bonds. The Labute approximate surface area is 176 Å². The summed E-state index contributed by atoms with van der Waals surface area (Å²) < 4.78 is 0. The minimum absolute atomic E-state index is 0.222. The van der Waals surface area contributed by atoms with Crippen LogP contribution in [0.25, 0.3) is 0 Å². The molecular weight excluding hydrogens is 360 g/mol. The smallest absolute Gasteiger partial charge is 0.254 e. The van der Waals surface area contributed by atoms with Crippen LogP contribution in [-0.2, 0) is 0 Å². The minimum atomic E-state index is 0.222. The number of likely N-dealkylation sites (tertiary alicyclic amines) is 2. The Morgan fingerprint density at radius 1 is 1.07 bits per heavy atom. The molecule has 3 aliphatic rings. The predicted octanol–water partition coefficient (Wildman–Crippen LogP) is 3.36. The maximum atomic E-state index is 13.2. The quantitative estimate of drug-likeness (QED) is 0.764. The monoisotopic (exact) mass is 398 g/mol. The highest BCUT2D eigenvalue weighted by atomic mass is 16.2. The molecule has 4 rings (SSSR count). The van der Waals surface area contributed by atoms with Gasteiger partial charge in [-0.15, -0.1) is 0 Å². The molecule has 3 saturated heterocycles. The number of nitrogens with zero attached hydrogens (tertiary/aromatic N) is 3. The summed E-state index contributed by atoms with van der Waals surface area (Å²) in [5.74, 6) is 0.222. The number of rotatable bonds is 7. The van der Waals surface area contributed by atoms with Crippen LogP contribution in [0.3, 0.4) is 0 Å². The zero-order valence-corrected chi connectivity index (χ0v) is 18.1. The molecule has 1 aromatic rings. The SMILES string of the molecule is CCCN(c1ccc(C(=O)N2CCCC2CN2CCCC2)cc1)C1CCCNC1. The van der Waals surface area contributed by atoms with E-state index in [2.05, 4.69) is 51.2 Å². The second-order valence-corrected chi connectivity index (χ2v) is 9.04. The average molecular weight is 399 g/mol. The van der Waals surface area contributed by atoms with Crippen LogP contribution in [0.4, 0.5) is 5.69 Å². The van der Waals surface area contributed by atoms with Gasteiger partial charge in [0.1, 0.15) is 0 Å². The van der Waals surface area contributed by atoms with Gasteiger partial charge in [-0.1, -0.05) is 6.92 Å². The number of carbonyl (C=O) groups excluding carboxylic acids is 1. The second-order valence-electron chi connectivity index (χ2n) is 9.04. The van der Waals surface area contributed by atoms with Crippen molar-refractivity contribution in [3.63, 3.8) is 0 Å². The summed E-state index contributed by atoms with van der Waals surface area (Å²) in [6, 6.07) is 9.41. The lowest BCUT2D eigenvalue weighted by Gasteiger charge is -2.36. The summed E-state index contributed by atoms with van der Waals surface area (Å²) in [5.41, 5.74) is 2.10. The Balaban J connectivity index is 1.42. The van der Waals surface area contributed by atoms with Gasteiger partial charge in [0.05, 0.1) is 0 Å². The van der Waals surface area contributed by atoms with Gasteiger partial charge in [-0.05, 0) is 88.8 Å². The third kappa shape index (κ3) is 4.95. The molecule has 3 aliphatic heterocycles. The highest BCUT2D eigenvalue weighted by Gasteiger charge is 2.31. The van der Waals surface area contributed by atoms with Gasteiger partial charge in [0.2, 0.25) is 0 Å². The molecule has 0 aliphatic carbocycles. The van der Waals surface area contributed by atoms with Crippen LogP contribution in [0.15, 0.2) is 24.3 Å². The fourth-order valence-electron chi connectivity index (χ4n) is 5.38. The third-order valence-corrected chi connectivity index (χ3v) is 6.93. The summed E-state index contributed by atoms with van der Waals surface area (Å²) >= 11 is 0. The summed E-state index contributed by atoms with van der Waals surface area (Å²) in [6.45, 7) is 9.90. The molecule has 0 saturated carbocycles. The molecule has 1 N–H and O–H groups in total. The molecular formula is C24H38N4O. The Morgan fingerprint density at radius 2 is 1.86 bits per heavy atom. The van der Waals surface area contributed by atoms with Gasteiger partial charge < -0.3 is 20.0 Å². The maximum Gasteiger partial charge on any atom is 0.254 e. The topological polar surface area (TPSA) is 38.8 Å². The largest absolute Gasteiger partial charge is 0.367 e. The molecule has 5 heteroatoms. The van der Waals surface area contributed by atoms with Crippen LogP contribution in [0.1, 0.15) is 62.2 Å². The second kappa shape index (κ2) is 9.94. The number of benzene rings is 1. The molecule has 0 bridgehead atoms. The van der Waals surface area contributed by atoms with Crippen LogP contribution in [0.5, 0.6) is 0 Å². The first-order valence-electron chi connectivity index (χ1n) is 11.9. The number of amides is 1. The normalized spacial score (nSPS) is 25.5. The van der Waals surface area contributed by atoms with E-state index in [0.29, 0.717) is 12.1 Å². The molecule has 3 heterocycles. The molecule has 160 valence electrons. The van der Waals surface area contributed by atoms with E-state index in [9.17, 15) is 4.79 Å². The van der Waals surface area contributed by atoms with E-state index in [4.69, 9.17) is 0 Å². The molecule has 29 heavy (non-hydrogen) atoms. The number of anilines is 1. The molecule has 2 unspecified atom stereocenters.